The molecule has 256 valence electrons. The van der Waals surface area contributed by atoms with Gasteiger partial charge in [-0.2, -0.15) is 0 Å². The second kappa shape index (κ2) is 23.1. The van der Waals surface area contributed by atoms with Crippen molar-refractivity contribution in [2.45, 2.75) is 165 Å². The smallest absolute Gasteiger partial charge is 0.412 e. The Morgan fingerprint density at radius 2 is 0.548 bits per heavy atom. The van der Waals surface area contributed by atoms with E-state index >= 15 is 0 Å². The van der Waals surface area contributed by atoms with Crippen molar-refractivity contribution in [2.75, 3.05) is 49.3 Å². The van der Waals surface area contributed by atoms with Crippen molar-refractivity contribution in [2.24, 2.45) is 0 Å². The maximum atomic E-state index is 13.9. The summed E-state index contributed by atoms with van der Waals surface area (Å²) in [5.74, 6) is -0.582. The van der Waals surface area contributed by atoms with Crippen LogP contribution in [0.3, 0.4) is 0 Å². The van der Waals surface area contributed by atoms with Crippen LogP contribution < -0.4 is 0 Å². The van der Waals surface area contributed by atoms with Gasteiger partial charge in [0.1, 0.15) is 0 Å². The third kappa shape index (κ3) is 14.7. The molecule has 42 heavy (non-hydrogen) atoms. The summed E-state index contributed by atoms with van der Waals surface area (Å²) < 4.78 is 13.8. The Hall–Kier alpha value is -0.240. The predicted molar refractivity (Wildman–Crippen MR) is 192 cm³/mol. The number of rotatable bonds is 28. The molecule has 0 aromatic heterocycles. The predicted octanol–water partition coefficient (Wildman–Crippen LogP) is 11.0. The molecule has 0 rings (SSSR count). The average molecular weight is 639 g/mol. The van der Waals surface area contributed by atoms with Gasteiger partial charge in [-0.3, -0.25) is 0 Å². The van der Waals surface area contributed by atoms with E-state index in [4.69, 9.17) is 9.05 Å². The molecule has 5 nitrogen and oxygen atoms in total. The summed E-state index contributed by atoms with van der Waals surface area (Å²) in [5, 5.41) is 0. The Morgan fingerprint density at radius 3 is 0.690 bits per heavy atom. The van der Waals surface area contributed by atoms with Crippen LogP contribution in [0.25, 0.3) is 0 Å². The average Bonchev–Trinajstić information content (AvgIpc) is 2.97. The molecule has 0 aromatic rings. The third-order valence-corrected chi connectivity index (χ3v) is 22.6. The Labute approximate surface area is 263 Å². The molecule has 0 fully saturated rings. The molecular weight excluding hydrogens is 562 g/mol. The fraction of sp³-hybridized carbons (Fsp3) is 0.943. The molecule has 0 saturated carbocycles. The molecule has 0 spiro atoms. The van der Waals surface area contributed by atoms with Gasteiger partial charge in [-0.25, -0.2) is 0 Å². The first kappa shape index (κ1) is 43.9. The van der Waals surface area contributed by atoms with Crippen LogP contribution in [0.2, 0.25) is 0 Å². The zero-order chi connectivity index (χ0) is 31.1. The van der Waals surface area contributed by atoms with Crippen LogP contribution in [0.1, 0.15) is 165 Å². The second-order valence-corrected chi connectivity index (χ2v) is 24.8. The maximum Gasteiger partial charge on any atom is -0.412 e. The summed E-state index contributed by atoms with van der Waals surface area (Å²) in [5.41, 5.74) is 0. The Bertz CT molecular complexity index is 566. The van der Waals surface area contributed by atoms with Gasteiger partial charge < -0.3 is 5.48 Å². The van der Waals surface area contributed by atoms with E-state index < -0.39 is 13.7 Å². The van der Waals surface area contributed by atoms with E-state index in [2.05, 4.69) is 55.4 Å². The topological polar surface area (TPSA) is 84.1 Å². The summed E-state index contributed by atoms with van der Waals surface area (Å²) in [4.78, 5) is 27.8. The molecule has 7 heteroatoms. The summed E-state index contributed by atoms with van der Waals surface area (Å²) in [6, 6.07) is 0. The quantitative estimate of drug-likeness (QED) is 0.0630. The van der Waals surface area contributed by atoms with Crippen LogP contribution in [-0.4, -0.2) is 66.7 Å². The van der Waals surface area contributed by atoms with Crippen LogP contribution in [-0.2, 0) is 18.6 Å². The summed E-state index contributed by atoms with van der Waals surface area (Å²) in [7, 11) is 0. The summed E-state index contributed by atoms with van der Waals surface area (Å²) in [6.07, 6.45) is 25.7. The minimum atomic E-state index is -2.77. The van der Waals surface area contributed by atoms with Crippen LogP contribution in [0.4, 0.5) is 0 Å². The van der Waals surface area contributed by atoms with Crippen molar-refractivity contribution in [3.8, 4) is 0 Å². The fourth-order valence-electron chi connectivity index (χ4n) is 6.93. The largest absolute Gasteiger partial charge is 0.412 e. The normalized spacial score (nSPS) is 13.8. The zero-order valence-electron chi connectivity index (χ0n) is 29.7. The first-order valence-electron chi connectivity index (χ1n) is 18.1. The van der Waals surface area contributed by atoms with E-state index in [1.165, 1.54) is 0 Å². The van der Waals surface area contributed by atoms with Crippen molar-refractivity contribution in [3.05, 3.63) is 0 Å². The second-order valence-electron chi connectivity index (χ2n) is 13.4. The molecular formula is C35H76O5P2. The molecule has 0 aromatic carbocycles. The number of unbranched alkanes of at least 4 members (excludes halogenated alkanes) is 8. The molecule has 0 heterocycles. The summed E-state index contributed by atoms with van der Waals surface area (Å²) >= 11 is 0. The fourth-order valence-corrected chi connectivity index (χ4v) is 20.6. The number of carbonyl (C=O) groups is 2. The molecule has 0 bridgehead atoms. The van der Waals surface area contributed by atoms with E-state index in [9.17, 15) is 9.59 Å². The van der Waals surface area contributed by atoms with Crippen molar-refractivity contribution < 1.29 is 24.1 Å². The standard InChI is InChI=1S/C35H74O4P2.H2O/c1-9-17-25-40(26-18-10-2,27-19-11-3,28-20-12-4)38-34(36)33-35(37)39-41(29-21-13-5,30-22-14-6,31-23-15-7)32-24-16-8;/h9-33H2,1-8H3;1H2. The first-order valence-corrected chi connectivity index (χ1v) is 23.9. The van der Waals surface area contributed by atoms with Gasteiger partial charge in [0.15, 0.2) is 0 Å². The van der Waals surface area contributed by atoms with Gasteiger partial charge in [0, 0.05) is 0 Å². The van der Waals surface area contributed by atoms with Gasteiger partial charge in [0.05, 0.1) is 0 Å². The van der Waals surface area contributed by atoms with Crippen LogP contribution in [0.15, 0.2) is 0 Å². The van der Waals surface area contributed by atoms with Crippen LogP contribution in [0, 0.1) is 0 Å². The number of hydrogen-bond donors (Lipinski definition) is 0. The molecule has 0 amide bonds. The number of carbonyl (C=O) groups excluding carboxylic acids is 2. The van der Waals surface area contributed by atoms with Crippen molar-refractivity contribution in [1.29, 1.82) is 0 Å². The molecule has 0 aliphatic rings. The Kier molecular flexibility index (Phi) is 24.2. The third-order valence-electron chi connectivity index (χ3n) is 9.63. The van der Waals surface area contributed by atoms with Gasteiger partial charge in [-0.05, 0) is 0 Å². The van der Waals surface area contributed by atoms with Crippen LogP contribution in [0.5, 0.6) is 0 Å². The van der Waals surface area contributed by atoms with Crippen LogP contribution >= 0.6 is 13.7 Å². The van der Waals surface area contributed by atoms with Gasteiger partial charge in [-0.1, -0.05) is 0 Å². The molecule has 2 N–H and O–H groups in total. The van der Waals surface area contributed by atoms with Gasteiger partial charge in [0.2, 0.25) is 0 Å². The molecule has 0 aliphatic heterocycles. The van der Waals surface area contributed by atoms with E-state index in [1.807, 2.05) is 0 Å². The minimum Gasteiger partial charge on any atom is -0.412 e. The first-order chi connectivity index (χ1) is 19.6. The van der Waals surface area contributed by atoms with Crippen molar-refractivity contribution in [3.63, 3.8) is 0 Å². The number of hydrogen-bond acceptors (Lipinski definition) is 4. The molecule has 0 radical (unpaired) electrons. The van der Waals surface area contributed by atoms with Gasteiger partial charge >= 0.3 is 258 Å². The van der Waals surface area contributed by atoms with E-state index in [0.717, 1.165) is 152 Å². The van der Waals surface area contributed by atoms with Gasteiger partial charge in [0.25, 0.3) is 0 Å². The van der Waals surface area contributed by atoms with E-state index in [-0.39, 0.29) is 23.8 Å². The summed E-state index contributed by atoms with van der Waals surface area (Å²) in [6.45, 7) is 12.4. The molecule has 0 unspecified atom stereocenters. The Morgan fingerprint density at radius 1 is 0.381 bits per heavy atom. The molecule has 0 saturated heterocycles. The van der Waals surface area contributed by atoms with Gasteiger partial charge in [-0.15, -0.1) is 0 Å². The zero-order valence-corrected chi connectivity index (χ0v) is 31.5. The van der Waals surface area contributed by atoms with Crippen molar-refractivity contribution in [1.82, 2.24) is 0 Å². The Balaban J connectivity index is 0. The minimum absolute atomic E-state index is 0. The van der Waals surface area contributed by atoms with Crippen molar-refractivity contribution >= 4 is 25.6 Å². The molecule has 0 aliphatic carbocycles. The SMILES string of the molecule is CCCCP(CCCC)(CCCC)(CCCC)OC(=O)CC(=O)OP(CCCC)(CCCC)(CCCC)CCCC.O. The van der Waals surface area contributed by atoms with E-state index in [0.29, 0.717) is 0 Å². The maximum absolute atomic E-state index is 13.9. The van der Waals surface area contributed by atoms with E-state index in [1.54, 1.807) is 0 Å². The molecule has 0 atom stereocenters. The monoisotopic (exact) mass is 639 g/mol.